The molecule has 1 aliphatic carbocycles. The third-order valence-electron chi connectivity index (χ3n) is 5.47. The van der Waals surface area contributed by atoms with Crippen molar-refractivity contribution in [3.05, 3.63) is 35.6 Å². The monoisotopic (exact) mass is 369 g/mol. The molecule has 1 heterocycles. The molecule has 1 aromatic rings. The van der Waals surface area contributed by atoms with Gasteiger partial charge >= 0.3 is 0 Å². The van der Waals surface area contributed by atoms with Gasteiger partial charge in [0.1, 0.15) is 5.82 Å². The first kappa shape index (κ1) is 20.1. The molecule has 1 aliphatic heterocycles. The summed E-state index contributed by atoms with van der Waals surface area (Å²) in [4.78, 5) is 16.6. The van der Waals surface area contributed by atoms with Crippen molar-refractivity contribution in [3.8, 4) is 0 Å². The van der Waals surface area contributed by atoms with Crippen LogP contribution >= 0.6 is 12.4 Å². The minimum absolute atomic E-state index is 0. The molecule has 2 aliphatic rings. The van der Waals surface area contributed by atoms with E-state index in [-0.39, 0.29) is 30.2 Å². The Kier molecular flexibility index (Phi) is 7.23. The SMILES string of the molecule is CC(=O)N(CC1CCN(CCN)CC1)C1CC1c1ccc(F)cc1.Cl. The van der Waals surface area contributed by atoms with E-state index in [0.29, 0.717) is 18.4 Å². The van der Waals surface area contributed by atoms with E-state index in [1.54, 1.807) is 6.92 Å². The lowest BCUT2D eigenvalue weighted by molar-refractivity contribution is -0.130. The molecule has 0 aromatic heterocycles. The van der Waals surface area contributed by atoms with Gasteiger partial charge in [0.2, 0.25) is 5.91 Å². The van der Waals surface area contributed by atoms with Gasteiger partial charge in [-0.25, -0.2) is 4.39 Å². The lowest BCUT2D eigenvalue weighted by atomic mass is 9.96. The van der Waals surface area contributed by atoms with Crippen molar-refractivity contribution in [1.29, 1.82) is 0 Å². The average Bonchev–Trinajstić information content (AvgIpc) is 3.35. The zero-order valence-corrected chi connectivity index (χ0v) is 15.7. The fraction of sp³-hybridized carbons (Fsp3) is 0.632. The normalized spacial score (nSPS) is 23.8. The lowest BCUT2D eigenvalue weighted by Crippen LogP contribution is -2.42. The first-order chi connectivity index (χ1) is 11.6. The Morgan fingerprint density at radius 3 is 2.48 bits per heavy atom. The van der Waals surface area contributed by atoms with Gasteiger partial charge in [-0.05, 0) is 56.0 Å². The fourth-order valence-electron chi connectivity index (χ4n) is 3.95. The number of benzene rings is 1. The van der Waals surface area contributed by atoms with E-state index in [1.165, 1.54) is 12.1 Å². The van der Waals surface area contributed by atoms with Crippen molar-refractivity contribution in [3.63, 3.8) is 0 Å². The number of carbonyl (C=O) groups is 1. The zero-order chi connectivity index (χ0) is 17.1. The van der Waals surface area contributed by atoms with Gasteiger partial charge in [0.05, 0.1) is 0 Å². The van der Waals surface area contributed by atoms with Crippen LogP contribution in [0.3, 0.4) is 0 Å². The topological polar surface area (TPSA) is 49.6 Å². The minimum Gasteiger partial charge on any atom is -0.339 e. The number of nitrogens with zero attached hydrogens (tertiary/aromatic N) is 2. The van der Waals surface area contributed by atoms with E-state index in [9.17, 15) is 9.18 Å². The van der Waals surface area contributed by atoms with Crippen LogP contribution in [0, 0.1) is 11.7 Å². The number of amides is 1. The average molecular weight is 370 g/mol. The Bertz CT molecular complexity index is 560. The predicted octanol–water partition coefficient (Wildman–Crippen LogP) is 2.62. The largest absolute Gasteiger partial charge is 0.339 e. The maximum absolute atomic E-state index is 13.1. The van der Waals surface area contributed by atoms with Crippen LogP contribution in [-0.4, -0.2) is 54.5 Å². The Balaban J connectivity index is 0.00000225. The second kappa shape index (κ2) is 8.97. The maximum atomic E-state index is 13.1. The highest BCUT2D eigenvalue weighted by atomic mass is 35.5. The number of nitrogens with two attached hydrogens (primary N) is 1. The van der Waals surface area contributed by atoms with Crippen molar-refractivity contribution in [1.82, 2.24) is 9.80 Å². The van der Waals surface area contributed by atoms with Gasteiger partial charge < -0.3 is 15.5 Å². The summed E-state index contributed by atoms with van der Waals surface area (Å²) in [7, 11) is 0. The van der Waals surface area contributed by atoms with Crippen LogP contribution in [0.15, 0.2) is 24.3 Å². The first-order valence-corrected chi connectivity index (χ1v) is 9.03. The van der Waals surface area contributed by atoms with Gasteiger partial charge in [0.25, 0.3) is 0 Å². The van der Waals surface area contributed by atoms with E-state index in [1.807, 2.05) is 12.1 Å². The summed E-state index contributed by atoms with van der Waals surface area (Å²) < 4.78 is 13.1. The molecule has 0 radical (unpaired) electrons. The summed E-state index contributed by atoms with van der Waals surface area (Å²) in [5, 5.41) is 0. The Morgan fingerprint density at radius 2 is 1.92 bits per heavy atom. The molecule has 2 N–H and O–H groups in total. The number of halogens is 2. The summed E-state index contributed by atoms with van der Waals surface area (Å²) in [6.07, 6.45) is 3.27. The van der Waals surface area contributed by atoms with Crippen molar-refractivity contribution in [2.45, 2.75) is 38.1 Å². The highest BCUT2D eigenvalue weighted by molar-refractivity contribution is 5.85. The molecule has 0 bridgehead atoms. The van der Waals surface area contributed by atoms with Crippen molar-refractivity contribution in [2.24, 2.45) is 11.7 Å². The Hall–Kier alpha value is -1.17. The first-order valence-electron chi connectivity index (χ1n) is 9.03. The van der Waals surface area contributed by atoms with Crippen LogP contribution in [0.5, 0.6) is 0 Å². The molecule has 1 aromatic carbocycles. The smallest absolute Gasteiger partial charge is 0.219 e. The molecule has 1 amide bonds. The number of hydrogen-bond donors (Lipinski definition) is 1. The van der Waals surface area contributed by atoms with Crippen LogP contribution in [0.1, 0.15) is 37.7 Å². The molecule has 2 atom stereocenters. The summed E-state index contributed by atoms with van der Waals surface area (Å²) in [5.41, 5.74) is 6.77. The quantitative estimate of drug-likeness (QED) is 0.838. The molecule has 2 unspecified atom stereocenters. The van der Waals surface area contributed by atoms with Gasteiger partial charge in [-0.3, -0.25) is 4.79 Å². The number of piperidine rings is 1. The highest BCUT2D eigenvalue weighted by Crippen LogP contribution is 2.45. The predicted molar refractivity (Wildman–Crippen MR) is 100 cm³/mol. The molecule has 4 nitrogen and oxygen atoms in total. The van der Waals surface area contributed by atoms with Gasteiger partial charge in [-0.1, -0.05) is 12.1 Å². The molecule has 0 spiro atoms. The van der Waals surface area contributed by atoms with E-state index >= 15 is 0 Å². The van der Waals surface area contributed by atoms with Crippen molar-refractivity contribution < 1.29 is 9.18 Å². The summed E-state index contributed by atoms with van der Waals surface area (Å²) in [6, 6.07) is 7.01. The number of rotatable bonds is 6. The van der Waals surface area contributed by atoms with Gasteiger partial charge in [-0.2, -0.15) is 0 Å². The van der Waals surface area contributed by atoms with E-state index in [0.717, 1.165) is 51.0 Å². The second-order valence-corrected chi connectivity index (χ2v) is 7.21. The van der Waals surface area contributed by atoms with E-state index in [2.05, 4.69) is 9.80 Å². The molecule has 1 saturated heterocycles. The van der Waals surface area contributed by atoms with Gasteiger partial charge in [-0.15, -0.1) is 12.4 Å². The molecule has 1 saturated carbocycles. The molecule has 140 valence electrons. The van der Waals surface area contributed by atoms with Crippen molar-refractivity contribution >= 4 is 18.3 Å². The van der Waals surface area contributed by atoms with E-state index in [4.69, 9.17) is 5.73 Å². The molecular weight excluding hydrogens is 341 g/mol. The third-order valence-corrected chi connectivity index (χ3v) is 5.47. The fourth-order valence-corrected chi connectivity index (χ4v) is 3.95. The minimum atomic E-state index is -0.205. The second-order valence-electron chi connectivity index (χ2n) is 7.21. The summed E-state index contributed by atoms with van der Waals surface area (Å²) >= 11 is 0. The number of carbonyl (C=O) groups excluding carboxylic acids is 1. The van der Waals surface area contributed by atoms with Crippen LogP contribution in [-0.2, 0) is 4.79 Å². The molecule has 6 heteroatoms. The number of likely N-dealkylation sites (tertiary alicyclic amines) is 1. The third kappa shape index (κ3) is 5.16. The van der Waals surface area contributed by atoms with Gasteiger partial charge in [0, 0.05) is 38.5 Å². The van der Waals surface area contributed by atoms with E-state index < -0.39 is 0 Å². The summed E-state index contributed by atoms with van der Waals surface area (Å²) in [5.74, 6) is 0.904. The zero-order valence-electron chi connectivity index (χ0n) is 14.9. The number of hydrogen-bond acceptors (Lipinski definition) is 3. The summed E-state index contributed by atoms with van der Waals surface area (Å²) in [6.45, 7) is 6.38. The van der Waals surface area contributed by atoms with Gasteiger partial charge in [0.15, 0.2) is 0 Å². The lowest BCUT2D eigenvalue weighted by Gasteiger charge is -2.34. The molecule has 25 heavy (non-hydrogen) atoms. The van der Waals surface area contributed by atoms with Crippen molar-refractivity contribution in [2.75, 3.05) is 32.7 Å². The molecule has 2 fully saturated rings. The molecule has 3 rings (SSSR count). The van der Waals surface area contributed by atoms with Crippen LogP contribution in [0.25, 0.3) is 0 Å². The maximum Gasteiger partial charge on any atom is 0.219 e. The molecular formula is C19H29ClFN3O. The standard InChI is InChI=1S/C19H28FN3O.ClH/c1-14(24)23(13-15-6-9-22(10-7-15)11-8-21)19-12-18(19)16-2-4-17(20)5-3-16;/h2-5,15,18-19H,6-13,21H2,1H3;1H. The van der Waals surface area contributed by atoms with Crippen LogP contribution in [0.4, 0.5) is 4.39 Å². The van der Waals surface area contributed by atoms with Crippen LogP contribution in [0.2, 0.25) is 0 Å². The van der Waals surface area contributed by atoms with Crippen LogP contribution < -0.4 is 5.73 Å². The Labute approximate surface area is 156 Å². The Morgan fingerprint density at radius 1 is 1.28 bits per heavy atom. The highest BCUT2D eigenvalue weighted by Gasteiger charge is 2.44.